The van der Waals surface area contributed by atoms with Crippen molar-refractivity contribution < 1.29 is 18.0 Å². The molecule has 0 saturated heterocycles. The van der Waals surface area contributed by atoms with Gasteiger partial charge in [-0.3, -0.25) is 5.32 Å². The van der Waals surface area contributed by atoms with E-state index in [1.165, 1.54) is 18.2 Å². The van der Waals surface area contributed by atoms with Crippen molar-refractivity contribution in [3.8, 4) is 0 Å². The fourth-order valence-electron chi connectivity index (χ4n) is 1.23. The van der Waals surface area contributed by atoms with Gasteiger partial charge in [0.05, 0.1) is 10.7 Å². The molecule has 0 aliphatic rings. The number of carbonyl (C=O) groups excluding carboxylic acids is 1. The smallest absolute Gasteiger partial charge is 0.306 e. The normalized spacial score (nSPS) is 11.3. The van der Waals surface area contributed by atoms with Crippen LogP contribution >= 0.6 is 34.5 Å². The van der Waals surface area contributed by atoms with E-state index in [-0.39, 0.29) is 27.2 Å². The number of alkyl halides is 3. The van der Waals surface area contributed by atoms with E-state index in [1.807, 2.05) is 0 Å². The zero-order valence-corrected chi connectivity index (χ0v) is 12.2. The number of amides is 2. The number of benzene rings is 1. The third-order valence-electron chi connectivity index (χ3n) is 2.07. The minimum atomic E-state index is -4.60. The molecule has 2 rings (SSSR count). The minimum Gasteiger partial charge on any atom is -0.306 e. The first-order chi connectivity index (χ1) is 9.75. The second kappa shape index (κ2) is 6.04. The number of hydrogen-bond acceptors (Lipinski definition) is 4. The van der Waals surface area contributed by atoms with E-state index in [9.17, 15) is 18.0 Å². The summed E-state index contributed by atoms with van der Waals surface area (Å²) in [6.07, 6.45) is -4.60. The maximum Gasteiger partial charge on any atom is 0.445 e. The predicted molar refractivity (Wildman–Crippen MR) is 74.0 cm³/mol. The van der Waals surface area contributed by atoms with Gasteiger partial charge in [0.1, 0.15) is 0 Å². The van der Waals surface area contributed by atoms with Gasteiger partial charge in [-0.05, 0) is 18.2 Å². The maximum atomic E-state index is 12.3. The molecule has 2 amide bonds. The molecule has 0 radical (unpaired) electrons. The fourth-order valence-corrected chi connectivity index (χ4v) is 2.29. The molecule has 1 heterocycles. The van der Waals surface area contributed by atoms with Crippen LogP contribution in [-0.4, -0.2) is 16.2 Å². The van der Waals surface area contributed by atoms with Gasteiger partial charge in [0, 0.05) is 5.02 Å². The minimum absolute atomic E-state index is 0.186. The Kier molecular flexibility index (Phi) is 4.55. The van der Waals surface area contributed by atoms with Crippen LogP contribution in [0.3, 0.4) is 0 Å². The average molecular weight is 357 g/mol. The summed E-state index contributed by atoms with van der Waals surface area (Å²) in [7, 11) is 0. The number of halogens is 5. The van der Waals surface area contributed by atoms with Crippen LogP contribution in [0.4, 0.5) is 28.8 Å². The summed E-state index contributed by atoms with van der Waals surface area (Å²) in [5.41, 5.74) is 0.249. The monoisotopic (exact) mass is 356 g/mol. The molecule has 112 valence electrons. The lowest BCUT2D eigenvalue weighted by molar-refractivity contribution is -0.138. The highest BCUT2D eigenvalue weighted by molar-refractivity contribution is 7.15. The van der Waals surface area contributed by atoms with Gasteiger partial charge in [-0.1, -0.05) is 34.5 Å². The van der Waals surface area contributed by atoms with Crippen molar-refractivity contribution in [1.29, 1.82) is 0 Å². The third kappa shape index (κ3) is 4.19. The van der Waals surface area contributed by atoms with E-state index in [0.29, 0.717) is 5.02 Å². The number of nitrogens with zero attached hydrogens (tertiary/aromatic N) is 2. The molecule has 0 aliphatic heterocycles. The van der Waals surface area contributed by atoms with E-state index in [1.54, 1.807) is 0 Å². The summed E-state index contributed by atoms with van der Waals surface area (Å²) in [6.45, 7) is 0. The average Bonchev–Trinajstić information content (AvgIpc) is 2.81. The molecule has 11 heteroatoms. The van der Waals surface area contributed by atoms with Gasteiger partial charge in [-0.2, -0.15) is 13.2 Å². The summed E-state index contributed by atoms with van der Waals surface area (Å²) >= 11 is 11.7. The lowest BCUT2D eigenvalue weighted by Gasteiger charge is -2.07. The number of rotatable bonds is 2. The Bertz CT molecular complexity index is 677. The fraction of sp³-hybridized carbons (Fsp3) is 0.100. The number of aromatic nitrogens is 2. The van der Waals surface area contributed by atoms with Crippen LogP contribution in [0.15, 0.2) is 18.2 Å². The molecule has 0 atom stereocenters. The number of carbonyl (C=O) groups is 1. The van der Waals surface area contributed by atoms with E-state index < -0.39 is 17.2 Å². The highest BCUT2D eigenvalue weighted by Crippen LogP contribution is 2.33. The van der Waals surface area contributed by atoms with Gasteiger partial charge in [-0.15, -0.1) is 10.2 Å². The zero-order chi connectivity index (χ0) is 15.6. The summed E-state index contributed by atoms with van der Waals surface area (Å²) in [5.74, 6) is 0. The molecular formula is C10H5Cl2F3N4OS. The van der Waals surface area contributed by atoms with Crippen LogP contribution in [-0.2, 0) is 6.18 Å². The topological polar surface area (TPSA) is 66.9 Å². The Labute approximate surface area is 130 Å². The molecule has 0 saturated carbocycles. The van der Waals surface area contributed by atoms with Crippen molar-refractivity contribution in [2.24, 2.45) is 0 Å². The van der Waals surface area contributed by atoms with E-state index in [2.05, 4.69) is 20.8 Å². The van der Waals surface area contributed by atoms with E-state index >= 15 is 0 Å². The van der Waals surface area contributed by atoms with E-state index in [0.717, 1.165) is 0 Å². The van der Waals surface area contributed by atoms with Crippen molar-refractivity contribution in [2.75, 3.05) is 10.6 Å². The lowest BCUT2D eigenvalue weighted by atomic mass is 10.3. The Morgan fingerprint density at radius 1 is 1.19 bits per heavy atom. The largest absolute Gasteiger partial charge is 0.445 e. The van der Waals surface area contributed by atoms with Gasteiger partial charge in [0.2, 0.25) is 10.1 Å². The summed E-state index contributed by atoms with van der Waals surface area (Å²) in [5, 5.41) is 9.76. The molecule has 0 unspecified atom stereocenters. The molecule has 0 bridgehead atoms. The van der Waals surface area contributed by atoms with Crippen molar-refractivity contribution in [3.05, 3.63) is 33.3 Å². The first-order valence-corrected chi connectivity index (χ1v) is 6.76. The lowest BCUT2D eigenvalue weighted by Crippen LogP contribution is -2.19. The quantitative estimate of drug-likeness (QED) is 0.831. The Hall–Kier alpha value is -1.58. The Morgan fingerprint density at radius 2 is 1.90 bits per heavy atom. The summed E-state index contributed by atoms with van der Waals surface area (Å²) in [4.78, 5) is 11.6. The molecule has 2 aromatic rings. The Balaban J connectivity index is 2.03. The molecule has 0 fully saturated rings. The standard InChI is InChI=1S/C10H5Cl2F3N4OS/c11-4-1-2-6(5(12)3-4)16-8(20)17-9-19-18-7(21-9)10(13,14)15/h1-3H,(H2,16,17,19,20). The number of anilines is 2. The second-order valence-electron chi connectivity index (χ2n) is 3.61. The molecule has 1 aromatic heterocycles. The second-order valence-corrected chi connectivity index (χ2v) is 5.43. The first kappa shape index (κ1) is 15.8. The molecule has 0 aliphatic carbocycles. The van der Waals surface area contributed by atoms with Crippen LogP contribution in [0.2, 0.25) is 10.0 Å². The Morgan fingerprint density at radius 3 is 2.48 bits per heavy atom. The predicted octanol–water partition coefficient (Wildman–Crippen LogP) is 4.51. The summed E-state index contributed by atoms with van der Waals surface area (Å²) in [6, 6.07) is 3.55. The van der Waals surface area contributed by atoms with Crippen LogP contribution in [0, 0.1) is 0 Å². The maximum absolute atomic E-state index is 12.3. The number of nitrogens with one attached hydrogen (secondary N) is 2. The summed E-state index contributed by atoms with van der Waals surface area (Å²) < 4.78 is 37.0. The van der Waals surface area contributed by atoms with Crippen LogP contribution in [0.5, 0.6) is 0 Å². The van der Waals surface area contributed by atoms with Crippen LogP contribution in [0.25, 0.3) is 0 Å². The number of urea groups is 1. The van der Waals surface area contributed by atoms with E-state index in [4.69, 9.17) is 23.2 Å². The van der Waals surface area contributed by atoms with Gasteiger partial charge >= 0.3 is 12.2 Å². The molecule has 0 spiro atoms. The molecule has 5 nitrogen and oxygen atoms in total. The SMILES string of the molecule is O=C(Nc1nnc(C(F)(F)F)s1)Nc1ccc(Cl)cc1Cl. The van der Waals surface area contributed by atoms with Crippen molar-refractivity contribution in [1.82, 2.24) is 10.2 Å². The number of hydrogen-bond donors (Lipinski definition) is 2. The van der Waals surface area contributed by atoms with Gasteiger partial charge in [0.25, 0.3) is 0 Å². The van der Waals surface area contributed by atoms with Crippen molar-refractivity contribution in [2.45, 2.75) is 6.18 Å². The third-order valence-corrected chi connectivity index (χ3v) is 3.50. The highest BCUT2D eigenvalue weighted by atomic mass is 35.5. The first-order valence-electron chi connectivity index (χ1n) is 5.19. The van der Waals surface area contributed by atoms with Gasteiger partial charge in [0.15, 0.2) is 0 Å². The van der Waals surface area contributed by atoms with Crippen molar-refractivity contribution in [3.63, 3.8) is 0 Å². The van der Waals surface area contributed by atoms with Crippen molar-refractivity contribution >= 4 is 51.4 Å². The van der Waals surface area contributed by atoms with Gasteiger partial charge in [-0.25, -0.2) is 4.79 Å². The molecular weight excluding hydrogens is 352 g/mol. The van der Waals surface area contributed by atoms with Crippen LogP contribution in [0.1, 0.15) is 5.01 Å². The zero-order valence-electron chi connectivity index (χ0n) is 9.83. The molecule has 1 aromatic carbocycles. The van der Waals surface area contributed by atoms with Gasteiger partial charge < -0.3 is 5.32 Å². The molecule has 21 heavy (non-hydrogen) atoms. The molecule has 2 N–H and O–H groups in total. The highest BCUT2D eigenvalue weighted by Gasteiger charge is 2.35. The van der Waals surface area contributed by atoms with Crippen LogP contribution < -0.4 is 10.6 Å².